The zero-order chi connectivity index (χ0) is 17.4. The largest absolute Gasteiger partial charge is 0.376 e. The summed E-state index contributed by atoms with van der Waals surface area (Å²) in [7, 11) is 0. The molecule has 2 rings (SSSR count). The van der Waals surface area contributed by atoms with Crippen LogP contribution in [0, 0.1) is 10.5 Å². The van der Waals surface area contributed by atoms with Gasteiger partial charge in [0.2, 0.25) is 0 Å². The predicted octanol–water partition coefficient (Wildman–Crippen LogP) is 4.14. The molecule has 4 nitrogen and oxygen atoms in total. The number of nitrogens with one attached hydrogen (secondary N) is 2. The number of aryl methyl sites for hydroxylation is 1. The Labute approximate surface area is 156 Å². The van der Waals surface area contributed by atoms with Crippen LogP contribution in [0.3, 0.4) is 0 Å². The lowest BCUT2D eigenvalue weighted by Crippen LogP contribution is -2.27. The molecule has 1 amide bonds. The van der Waals surface area contributed by atoms with Crippen LogP contribution in [0.25, 0.3) is 0 Å². The number of carbonyl (C=O) groups excluding carboxylic acids is 1. The zero-order valence-corrected chi connectivity index (χ0v) is 16.1. The molecule has 126 valence electrons. The van der Waals surface area contributed by atoms with Crippen molar-refractivity contribution >= 4 is 39.9 Å². The lowest BCUT2D eigenvalue weighted by atomic mass is 10.1. The summed E-state index contributed by atoms with van der Waals surface area (Å²) >= 11 is 2.27. The Morgan fingerprint density at radius 2 is 1.92 bits per heavy atom. The molecule has 2 N–H and O–H groups in total. The second-order valence-corrected chi connectivity index (χ2v) is 6.79. The highest BCUT2D eigenvalue weighted by molar-refractivity contribution is 14.1. The van der Waals surface area contributed by atoms with Crippen molar-refractivity contribution in [3.63, 3.8) is 0 Å². The van der Waals surface area contributed by atoms with Gasteiger partial charge in [-0.2, -0.15) is 5.10 Å². The first-order valence-corrected chi connectivity index (χ1v) is 9.04. The van der Waals surface area contributed by atoms with Gasteiger partial charge >= 0.3 is 0 Å². The molecule has 0 aromatic heterocycles. The maximum absolute atomic E-state index is 12.0. The molecule has 0 spiro atoms. The van der Waals surface area contributed by atoms with E-state index in [0.29, 0.717) is 0 Å². The van der Waals surface area contributed by atoms with Crippen LogP contribution in [0.15, 0.2) is 53.6 Å². The second kappa shape index (κ2) is 9.42. The number of carbonyl (C=O) groups is 1. The third-order valence-corrected chi connectivity index (χ3v) is 4.30. The Morgan fingerprint density at radius 1 is 1.17 bits per heavy atom. The van der Waals surface area contributed by atoms with Crippen LogP contribution in [0.2, 0.25) is 0 Å². The molecule has 2 aromatic rings. The molecule has 5 heteroatoms. The van der Waals surface area contributed by atoms with E-state index >= 15 is 0 Å². The van der Waals surface area contributed by atoms with Gasteiger partial charge in [0.15, 0.2) is 0 Å². The van der Waals surface area contributed by atoms with Crippen molar-refractivity contribution in [2.75, 3.05) is 11.9 Å². The highest BCUT2D eigenvalue weighted by Crippen LogP contribution is 2.17. The van der Waals surface area contributed by atoms with Gasteiger partial charge in [0, 0.05) is 21.4 Å². The molecule has 0 bridgehead atoms. The van der Waals surface area contributed by atoms with Gasteiger partial charge in [0.05, 0.1) is 6.54 Å². The van der Waals surface area contributed by atoms with E-state index in [1.165, 1.54) is 9.13 Å². The van der Waals surface area contributed by atoms with Crippen LogP contribution in [-0.4, -0.2) is 18.2 Å². The van der Waals surface area contributed by atoms with E-state index in [9.17, 15) is 4.79 Å². The molecule has 0 aliphatic heterocycles. The van der Waals surface area contributed by atoms with Gasteiger partial charge in [-0.1, -0.05) is 37.3 Å². The van der Waals surface area contributed by atoms with Gasteiger partial charge in [-0.3, -0.25) is 4.79 Å². The SMILES string of the molecule is CC/C(Cc1ccccc1)=N\NC(=O)CNc1ccc(I)cc1C. The molecule has 0 unspecified atom stereocenters. The fourth-order valence-electron chi connectivity index (χ4n) is 2.26. The average molecular weight is 435 g/mol. The first-order chi connectivity index (χ1) is 11.6. The average Bonchev–Trinajstić information content (AvgIpc) is 2.58. The third kappa shape index (κ3) is 5.96. The maximum atomic E-state index is 12.0. The smallest absolute Gasteiger partial charge is 0.259 e. The summed E-state index contributed by atoms with van der Waals surface area (Å²) in [4.78, 5) is 12.0. The quantitative estimate of drug-likeness (QED) is 0.390. The highest BCUT2D eigenvalue weighted by atomic mass is 127. The van der Waals surface area contributed by atoms with E-state index in [1.807, 2.05) is 44.2 Å². The zero-order valence-electron chi connectivity index (χ0n) is 14.0. The number of hydrogen-bond donors (Lipinski definition) is 2. The Morgan fingerprint density at radius 3 is 2.58 bits per heavy atom. The number of nitrogens with zero attached hydrogens (tertiary/aromatic N) is 1. The minimum absolute atomic E-state index is 0.146. The van der Waals surface area contributed by atoms with Crippen molar-refractivity contribution < 1.29 is 4.79 Å². The Balaban J connectivity index is 1.86. The molecule has 0 aliphatic carbocycles. The van der Waals surface area contributed by atoms with E-state index in [-0.39, 0.29) is 12.5 Å². The number of hydrazone groups is 1. The molecular weight excluding hydrogens is 413 g/mol. The first-order valence-electron chi connectivity index (χ1n) is 7.96. The van der Waals surface area contributed by atoms with Crippen molar-refractivity contribution in [2.45, 2.75) is 26.7 Å². The van der Waals surface area contributed by atoms with Crippen molar-refractivity contribution in [3.8, 4) is 0 Å². The van der Waals surface area contributed by atoms with Gasteiger partial charge in [-0.25, -0.2) is 5.43 Å². The van der Waals surface area contributed by atoms with Crippen LogP contribution in [0.1, 0.15) is 24.5 Å². The number of anilines is 1. The number of benzene rings is 2. The van der Waals surface area contributed by atoms with Crippen LogP contribution < -0.4 is 10.7 Å². The number of rotatable bonds is 7. The van der Waals surface area contributed by atoms with Crippen LogP contribution in [0.4, 0.5) is 5.69 Å². The van der Waals surface area contributed by atoms with E-state index < -0.39 is 0 Å². The lowest BCUT2D eigenvalue weighted by molar-refractivity contribution is -0.119. The van der Waals surface area contributed by atoms with E-state index in [1.54, 1.807) is 0 Å². The third-order valence-electron chi connectivity index (χ3n) is 3.63. The molecule has 0 radical (unpaired) electrons. The van der Waals surface area contributed by atoms with Crippen molar-refractivity contribution in [2.24, 2.45) is 5.10 Å². The standard InChI is InChI=1S/C19H22IN3O/c1-3-17(12-15-7-5-4-6-8-15)22-23-19(24)13-21-18-10-9-16(20)11-14(18)2/h4-11,21H,3,12-13H2,1-2H3,(H,23,24)/b22-17+. The summed E-state index contributed by atoms with van der Waals surface area (Å²) in [5.41, 5.74) is 6.88. The second-order valence-electron chi connectivity index (χ2n) is 5.54. The minimum atomic E-state index is -0.146. The number of halogens is 1. The summed E-state index contributed by atoms with van der Waals surface area (Å²) in [5.74, 6) is -0.146. The van der Waals surface area contributed by atoms with Crippen molar-refractivity contribution in [3.05, 3.63) is 63.2 Å². The molecular formula is C19H22IN3O. The van der Waals surface area contributed by atoms with Gasteiger partial charge < -0.3 is 5.32 Å². The van der Waals surface area contributed by atoms with Crippen molar-refractivity contribution in [1.29, 1.82) is 0 Å². The summed E-state index contributed by atoms with van der Waals surface area (Å²) in [6, 6.07) is 16.2. The van der Waals surface area contributed by atoms with Crippen LogP contribution >= 0.6 is 22.6 Å². The molecule has 0 atom stereocenters. The molecule has 24 heavy (non-hydrogen) atoms. The van der Waals surface area contributed by atoms with Crippen LogP contribution in [0.5, 0.6) is 0 Å². The Hall–Kier alpha value is -1.89. The number of hydrogen-bond acceptors (Lipinski definition) is 3. The topological polar surface area (TPSA) is 53.5 Å². The van der Waals surface area contributed by atoms with E-state index in [2.05, 4.69) is 56.6 Å². The highest BCUT2D eigenvalue weighted by Gasteiger charge is 2.04. The van der Waals surface area contributed by atoms with Gasteiger partial charge in [-0.15, -0.1) is 0 Å². The fraction of sp³-hybridized carbons (Fsp3) is 0.263. The summed E-state index contributed by atoms with van der Waals surface area (Å²) < 4.78 is 1.18. The van der Waals surface area contributed by atoms with E-state index in [0.717, 1.165) is 29.8 Å². The fourth-order valence-corrected chi connectivity index (χ4v) is 2.90. The molecule has 0 saturated carbocycles. The predicted molar refractivity (Wildman–Crippen MR) is 108 cm³/mol. The van der Waals surface area contributed by atoms with Gasteiger partial charge in [-0.05, 0) is 65.3 Å². The maximum Gasteiger partial charge on any atom is 0.259 e. The molecule has 2 aromatic carbocycles. The summed E-state index contributed by atoms with van der Waals surface area (Å²) in [6.45, 7) is 4.27. The molecule has 0 saturated heterocycles. The van der Waals surface area contributed by atoms with E-state index in [4.69, 9.17) is 0 Å². The van der Waals surface area contributed by atoms with Gasteiger partial charge in [0.1, 0.15) is 0 Å². The van der Waals surface area contributed by atoms with Crippen LogP contribution in [-0.2, 0) is 11.2 Å². The van der Waals surface area contributed by atoms with Crippen molar-refractivity contribution in [1.82, 2.24) is 5.43 Å². The summed E-state index contributed by atoms with van der Waals surface area (Å²) in [5, 5.41) is 7.41. The first kappa shape index (κ1) is 18.4. The minimum Gasteiger partial charge on any atom is -0.376 e. The lowest BCUT2D eigenvalue weighted by Gasteiger charge is -2.09. The Bertz CT molecular complexity index is 714. The molecule has 0 aliphatic rings. The Kier molecular flexibility index (Phi) is 7.24. The molecule has 0 fully saturated rings. The normalized spacial score (nSPS) is 11.2. The summed E-state index contributed by atoms with van der Waals surface area (Å²) in [6.07, 6.45) is 1.56. The monoisotopic (exact) mass is 435 g/mol. The number of amides is 1. The molecule has 0 heterocycles. The van der Waals surface area contributed by atoms with Gasteiger partial charge in [0.25, 0.3) is 5.91 Å².